The van der Waals surface area contributed by atoms with Gasteiger partial charge in [-0.2, -0.15) is 0 Å². The van der Waals surface area contributed by atoms with Crippen molar-refractivity contribution in [2.75, 3.05) is 27.3 Å². The molecule has 0 fully saturated rings. The van der Waals surface area contributed by atoms with Crippen LogP contribution in [-0.4, -0.2) is 39.1 Å². The maximum absolute atomic E-state index is 12.9. The van der Waals surface area contributed by atoms with Gasteiger partial charge in [0.1, 0.15) is 0 Å². The summed E-state index contributed by atoms with van der Waals surface area (Å²) in [6.45, 7) is -1.63. The smallest absolute Gasteiger partial charge is 0.277 e. The fourth-order valence-corrected chi connectivity index (χ4v) is 1.36. The van der Waals surface area contributed by atoms with Gasteiger partial charge in [0.25, 0.3) is 11.8 Å². The Morgan fingerprint density at radius 1 is 1.32 bits per heavy atom. The Morgan fingerprint density at radius 2 is 1.95 bits per heavy atom. The Balaban J connectivity index is 2.78. The van der Waals surface area contributed by atoms with Crippen LogP contribution < -0.4 is 20.5 Å². The summed E-state index contributed by atoms with van der Waals surface area (Å²) in [6, 6.07) is 4.39. The van der Waals surface area contributed by atoms with Crippen molar-refractivity contribution < 1.29 is 23.0 Å². The summed E-state index contributed by atoms with van der Waals surface area (Å²) in [5.74, 6) is -2.95. The zero-order valence-electron chi connectivity index (χ0n) is 10.7. The normalized spacial score (nSPS) is 11.0. The quantitative estimate of drug-likeness (QED) is 0.812. The van der Waals surface area contributed by atoms with Crippen molar-refractivity contribution in [3.8, 4) is 11.5 Å². The minimum Gasteiger partial charge on any atom is -0.493 e. The molecule has 0 heterocycles. The number of amides is 1. The van der Waals surface area contributed by atoms with Crippen LogP contribution >= 0.6 is 0 Å². The summed E-state index contributed by atoms with van der Waals surface area (Å²) in [4.78, 5) is 11.7. The Kier molecular flexibility index (Phi) is 5.05. The Morgan fingerprint density at radius 3 is 2.47 bits per heavy atom. The number of benzene rings is 1. The lowest BCUT2D eigenvalue weighted by atomic mass is 10.2. The second kappa shape index (κ2) is 6.33. The molecular formula is C12H16F2N2O3. The number of nitrogens with two attached hydrogens (primary N) is 1. The summed E-state index contributed by atoms with van der Waals surface area (Å²) in [6.07, 6.45) is 0. The number of carbonyl (C=O) groups excluding carboxylic acids is 1. The van der Waals surface area contributed by atoms with Gasteiger partial charge in [0.15, 0.2) is 11.5 Å². The van der Waals surface area contributed by atoms with Gasteiger partial charge in [-0.3, -0.25) is 4.79 Å². The van der Waals surface area contributed by atoms with Crippen LogP contribution in [0.15, 0.2) is 18.2 Å². The zero-order valence-corrected chi connectivity index (χ0v) is 10.7. The second-order valence-corrected chi connectivity index (χ2v) is 3.81. The monoisotopic (exact) mass is 274 g/mol. The molecule has 0 aliphatic heterocycles. The highest BCUT2D eigenvalue weighted by molar-refractivity contribution is 5.94. The van der Waals surface area contributed by atoms with E-state index in [1.165, 1.54) is 32.4 Å². The standard InChI is InChI=1S/C12H16F2N2O3/c1-18-9-4-3-8(5-10(9)19-2)11(17)16-7-12(13,14)6-15/h3-5H,6-7,15H2,1-2H3,(H,16,17). The number of ether oxygens (including phenoxy) is 2. The van der Waals surface area contributed by atoms with Crippen LogP contribution in [0.4, 0.5) is 8.78 Å². The van der Waals surface area contributed by atoms with Crippen LogP contribution in [0, 0.1) is 0 Å². The first-order chi connectivity index (χ1) is 8.93. The van der Waals surface area contributed by atoms with E-state index in [0.29, 0.717) is 11.5 Å². The minimum atomic E-state index is -3.12. The first-order valence-electron chi connectivity index (χ1n) is 5.51. The van der Waals surface area contributed by atoms with E-state index >= 15 is 0 Å². The largest absolute Gasteiger partial charge is 0.493 e. The molecule has 0 saturated heterocycles. The highest BCUT2D eigenvalue weighted by atomic mass is 19.3. The van der Waals surface area contributed by atoms with Crippen LogP contribution in [0.2, 0.25) is 0 Å². The second-order valence-electron chi connectivity index (χ2n) is 3.81. The number of carbonyl (C=O) groups is 1. The Labute approximate surface area is 109 Å². The molecule has 0 aromatic heterocycles. The predicted octanol–water partition coefficient (Wildman–Crippen LogP) is 1.03. The minimum absolute atomic E-state index is 0.200. The van der Waals surface area contributed by atoms with Crippen molar-refractivity contribution in [3.63, 3.8) is 0 Å². The molecule has 7 heteroatoms. The zero-order chi connectivity index (χ0) is 14.5. The summed E-state index contributed by atoms with van der Waals surface area (Å²) >= 11 is 0. The third kappa shape index (κ3) is 4.06. The van der Waals surface area contributed by atoms with Gasteiger partial charge in [0, 0.05) is 5.56 Å². The topological polar surface area (TPSA) is 73.6 Å². The molecule has 0 aliphatic carbocycles. The van der Waals surface area contributed by atoms with Crippen LogP contribution in [0.1, 0.15) is 10.4 Å². The van der Waals surface area contributed by atoms with Crippen molar-refractivity contribution in [2.24, 2.45) is 5.73 Å². The summed E-state index contributed by atoms with van der Waals surface area (Å²) < 4.78 is 35.8. The first kappa shape index (κ1) is 15.2. The van der Waals surface area contributed by atoms with Gasteiger partial charge >= 0.3 is 0 Å². The molecule has 1 rings (SSSR count). The van der Waals surface area contributed by atoms with Crippen molar-refractivity contribution in [2.45, 2.75) is 5.92 Å². The molecule has 0 saturated carbocycles. The molecule has 1 aromatic rings. The Hall–Kier alpha value is -1.89. The third-order valence-corrected chi connectivity index (χ3v) is 2.45. The van der Waals surface area contributed by atoms with Crippen molar-refractivity contribution in [3.05, 3.63) is 23.8 Å². The van der Waals surface area contributed by atoms with E-state index in [9.17, 15) is 13.6 Å². The van der Waals surface area contributed by atoms with E-state index in [2.05, 4.69) is 5.32 Å². The van der Waals surface area contributed by atoms with Gasteiger partial charge in [0.05, 0.1) is 27.3 Å². The van der Waals surface area contributed by atoms with Crippen molar-refractivity contribution in [1.29, 1.82) is 0 Å². The van der Waals surface area contributed by atoms with E-state index in [-0.39, 0.29) is 5.56 Å². The van der Waals surface area contributed by atoms with Crippen LogP contribution in [-0.2, 0) is 0 Å². The highest BCUT2D eigenvalue weighted by Crippen LogP contribution is 2.27. The summed E-state index contributed by atoms with van der Waals surface area (Å²) in [5, 5.41) is 2.11. The highest BCUT2D eigenvalue weighted by Gasteiger charge is 2.27. The lowest BCUT2D eigenvalue weighted by Crippen LogP contribution is -2.41. The molecular weight excluding hydrogens is 258 g/mol. The molecule has 3 N–H and O–H groups in total. The van der Waals surface area contributed by atoms with Crippen molar-refractivity contribution in [1.82, 2.24) is 5.32 Å². The number of hydrogen-bond donors (Lipinski definition) is 2. The van der Waals surface area contributed by atoms with E-state index in [0.717, 1.165) is 0 Å². The maximum atomic E-state index is 12.9. The number of alkyl halides is 2. The molecule has 0 spiro atoms. The molecule has 0 radical (unpaired) electrons. The lowest BCUT2D eigenvalue weighted by Gasteiger charge is -2.15. The number of nitrogens with one attached hydrogen (secondary N) is 1. The van der Waals surface area contributed by atoms with Gasteiger partial charge in [-0.1, -0.05) is 0 Å². The van der Waals surface area contributed by atoms with Crippen LogP contribution in [0.25, 0.3) is 0 Å². The van der Waals surface area contributed by atoms with Gasteiger partial charge in [-0.25, -0.2) is 8.78 Å². The summed E-state index contributed by atoms with van der Waals surface area (Å²) in [7, 11) is 2.88. The number of rotatable bonds is 6. The van der Waals surface area contributed by atoms with Crippen LogP contribution in [0.5, 0.6) is 11.5 Å². The van der Waals surface area contributed by atoms with Crippen molar-refractivity contribution >= 4 is 5.91 Å². The van der Waals surface area contributed by atoms with Crippen LogP contribution in [0.3, 0.4) is 0 Å². The Bertz CT molecular complexity index is 453. The van der Waals surface area contributed by atoms with Gasteiger partial charge in [-0.15, -0.1) is 0 Å². The van der Waals surface area contributed by atoms with E-state index in [1.807, 2.05) is 0 Å². The molecule has 5 nitrogen and oxygen atoms in total. The predicted molar refractivity (Wildman–Crippen MR) is 65.9 cm³/mol. The fourth-order valence-electron chi connectivity index (χ4n) is 1.36. The lowest BCUT2D eigenvalue weighted by molar-refractivity contribution is 0.0118. The molecule has 106 valence electrons. The van der Waals surface area contributed by atoms with Gasteiger partial charge < -0.3 is 20.5 Å². The first-order valence-corrected chi connectivity index (χ1v) is 5.51. The molecule has 19 heavy (non-hydrogen) atoms. The maximum Gasteiger partial charge on any atom is 0.277 e. The molecule has 0 unspecified atom stereocenters. The number of hydrogen-bond acceptors (Lipinski definition) is 4. The summed E-state index contributed by atoms with van der Waals surface area (Å²) in [5.41, 5.74) is 5.08. The molecule has 1 amide bonds. The molecule has 0 bridgehead atoms. The van der Waals surface area contributed by atoms with E-state index in [4.69, 9.17) is 15.2 Å². The molecule has 0 atom stereocenters. The molecule has 0 aliphatic rings. The fraction of sp³-hybridized carbons (Fsp3) is 0.417. The number of halogens is 2. The number of methoxy groups -OCH3 is 2. The molecule has 1 aromatic carbocycles. The SMILES string of the molecule is COc1ccc(C(=O)NCC(F)(F)CN)cc1OC. The van der Waals surface area contributed by atoms with E-state index < -0.39 is 24.9 Å². The average molecular weight is 274 g/mol. The van der Waals surface area contributed by atoms with Gasteiger partial charge in [-0.05, 0) is 18.2 Å². The van der Waals surface area contributed by atoms with E-state index in [1.54, 1.807) is 0 Å². The third-order valence-electron chi connectivity index (χ3n) is 2.45. The average Bonchev–Trinajstić information content (AvgIpc) is 2.44. The van der Waals surface area contributed by atoms with Gasteiger partial charge in [0.2, 0.25) is 0 Å².